The first-order valence-corrected chi connectivity index (χ1v) is 9.90. The standard InChI is InChI=1S/C19H21N3O5S/c1-20-28(24,25)21-14-6-4-13(5-7-14)12-22-9-8-17(23)15-10-18(26-2)19(27-3)11-16(15)22/h4-11,20-21H,12H2,1-3H3. The molecule has 0 unspecified atom stereocenters. The van der Waals surface area contributed by atoms with E-state index in [9.17, 15) is 13.2 Å². The number of fused-ring (bicyclic) bond motifs is 1. The summed E-state index contributed by atoms with van der Waals surface area (Å²) in [7, 11) is 0.841. The van der Waals surface area contributed by atoms with Gasteiger partial charge in [0, 0.05) is 43.0 Å². The smallest absolute Gasteiger partial charge is 0.298 e. The summed E-state index contributed by atoms with van der Waals surface area (Å²) in [6.45, 7) is 0.491. The Balaban J connectivity index is 1.96. The number of benzene rings is 2. The topological polar surface area (TPSA) is 98.7 Å². The van der Waals surface area contributed by atoms with Gasteiger partial charge in [-0.15, -0.1) is 0 Å². The Morgan fingerprint density at radius 1 is 1.00 bits per heavy atom. The van der Waals surface area contributed by atoms with Crippen molar-refractivity contribution in [2.24, 2.45) is 0 Å². The van der Waals surface area contributed by atoms with Crippen LogP contribution in [0.5, 0.6) is 11.5 Å². The second-order valence-corrected chi connectivity index (χ2v) is 7.66. The first kappa shape index (κ1) is 19.7. The molecule has 2 aromatic carbocycles. The van der Waals surface area contributed by atoms with E-state index in [0.717, 1.165) is 5.56 Å². The molecule has 0 saturated heterocycles. The normalized spacial score (nSPS) is 11.4. The molecule has 8 nitrogen and oxygen atoms in total. The fourth-order valence-electron chi connectivity index (χ4n) is 2.85. The van der Waals surface area contributed by atoms with E-state index in [2.05, 4.69) is 9.44 Å². The summed E-state index contributed by atoms with van der Waals surface area (Å²) in [6.07, 6.45) is 1.72. The Hall–Kier alpha value is -3.04. The lowest BCUT2D eigenvalue weighted by molar-refractivity contribution is 0.355. The molecule has 0 aliphatic rings. The highest BCUT2D eigenvalue weighted by molar-refractivity contribution is 7.90. The van der Waals surface area contributed by atoms with E-state index < -0.39 is 10.2 Å². The zero-order valence-electron chi connectivity index (χ0n) is 15.7. The lowest BCUT2D eigenvalue weighted by atomic mass is 10.1. The Labute approximate surface area is 162 Å². The molecule has 0 saturated carbocycles. The predicted molar refractivity (Wildman–Crippen MR) is 108 cm³/mol. The van der Waals surface area contributed by atoms with Gasteiger partial charge in [-0.05, 0) is 23.8 Å². The molecule has 1 heterocycles. The number of aromatic nitrogens is 1. The number of rotatable bonds is 7. The number of nitrogens with zero attached hydrogens (tertiary/aromatic N) is 1. The quantitative estimate of drug-likeness (QED) is 0.628. The Kier molecular flexibility index (Phi) is 5.57. The molecule has 1 aromatic heterocycles. The fourth-order valence-corrected chi connectivity index (χ4v) is 3.40. The minimum atomic E-state index is -3.56. The van der Waals surface area contributed by atoms with Gasteiger partial charge in [-0.3, -0.25) is 9.52 Å². The molecule has 0 aliphatic carbocycles. The van der Waals surface area contributed by atoms with E-state index >= 15 is 0 Å². The maximum atomic E-state index is 12.3. The monoisotopic (exact) mass is 403 g/mol. The third-order valence-electron chi connectivity index (χ3n) is 4.31. The van der Waals surface area contributed by atoms with Crippen LogP contribution < -0.4 is 24.3 Å². The average molecular weight is 403 g/mol. The molecule has 0 amide bonds. The van der Waals surface area contributed by atoms with E-state index in [4.69, 9.17) is 9.47 Å². The molecule has 9 heteroatoms. The minimum Gasteiger partial charge on any atom is -0.493 e. The molecular weight excluding hydrogens is 382 g/mol. The maximum absolute atomic E-state index is 12.3. The summed E-state index contributed by atoms with van der Waals surface area (Å²) in [4.78, 5) is 12.3. The van der Waals surface area contributed by atoms with Crippen molar-refractivity contribution < 1.29 is 17.9 Å². The molecule has 0 atom stereocenters. The third kappa shape index (κ3) is 4.10. The van der Waals surface area contributed by atoms with Crippen LogP contribution in [0.2, 0.25) is 0 Å². The fraction of sp³-hybridized carbons (Fsp3) is 0.211. The van der Waals surface area contributed by atoms with Crippen molar-refractivity contribution in [2.45, 2.75) is 6.54 Å². The molecule has 2 N–H and O–H groups in total. The van der Waals surface area contributed by atoms with Crippen molar-refractivity contribution in [3.63, 3.8) is 0 Å². The largest absolute Gasteiger partial charge is 0.493 e. The first-order valence-electron chi connectivity index (χ1n) is 8.42. The van der Waals surface area contributed by atoms with Crippen LogP contribution >= 0.6 is 0 Å². The molecule has 0 radical (unpaired) electrons. The second-order valence-electron chi connectivity index (χ2n) is 6.04. The number of methoxy groups -OCH3 is 2. The number of anilines is 1. The summed E-state index contributed by atoms with van der Waals surface area (Å²) in [5.41, 5.74) is 2.00. The summed E-state index contributed by atoms with van der Waals surface area (Å²) >= 11 is 0. The van der Waals surface area contributed by atoms with Crippen molar-refractivity contribution in [1.82, 2.24) is 9.29 Å². The van der Waals surface area contributed by atoms with E-state index in [0.29, 0.717) is 34.6 Å². The summed E-state index contributed by atoms with van der Waals surface area (Å²) in [5.74, 6) is 1.03. The van der Waals surface area contributed by atoms with Gasteiger partial charge in [-0.2, -0.15) is 8.42 Å². The van der Waals surface area contributed by atoms with Crippen molar-refractivity contribution in [3.8, 4) is 11.5 Å². The number of hydrogen-bond acceptors (Lipinski definition) is 5. The second kappa shape index (κ2) is 7.91. The maximum Gasteiger partial charge on any atom is 0.298 e. The molecule has 28 heavy (non-hydrogen) atoms. The Morgan fingerprint density at radius 3 is 2.25 bits per heavy atom. The molecule has 3 rings (SSSR count). The van der Waals surface area contributed by atoms with Gasteiger partial charge in [0.15, 0.2) is 16.9 Å². The van der Waals surface area contributed by atoms with Crippen LogP contribution in [0.3, 0.4) is 0 Å². The van der Waals surface area contributed by atoms with Gasteiger partial charge in [0.25, 0.3) is 10.2 Å². The molecular formula is C19H21N3O5S. The number of ether oxygens (including phenoxy) is 2. The Morgan fingerprint density at radius 2 is 1.64 bits per heavy atom. The molecule has 3 aromatic rings. The van der Waals surface area contributed by atoms with Crippen LogP contribution in [0.25, 0.3) is 10.9 Å². The van der Waals surface area contributed by atoms with E-state index in [1.165, 1.54) is 20.2 Å². The van der Waals surface area contributed by atoms with Crippen molar-refractivity contribution in [3.05, 3.63) is 64.4 Å². The van der Waals surface area contributed by atoms with Crippen LogP contribution in [0, 0.1) is 0 Å². The number of nitrogens with one attached hydrogen (secondary N) is 2. The zero-order valence-corrected chi connectivity index (χ0v) is 16.5. The van der Waals surface area contributed by atoms with Crippen LogP contribution in [0.4, 0.5) is 5.69 Å². The molecule has 148 valence electrons. The number of pyridine rings is 1. The average Bonchev–Trinajstić information content (AvgIpc) is 2.70. The van der Waals surface area contributed by atoms with Crippen molar-refractivity contribution >= 4 is 26.8 Å². The van der Waals surface area contributed by atoms with Crippen molar-refractivity contribution in [2.75, 3.05) is 26.0 Å². The summed E-state index contributed by atoms with van der Waals surface area (Å²) < 4.78 is 40.3. The van der Waals surface area contributed by atoms with E-state index in [-0.39, 0.29) is 5.43 Å². The van der Waals surface area contributed by atoms with Crippen LogP contribution in [0.15, 0.2) is 53.5 Å². The first-order chi connectivity index (χ1) is 13.4. The molecule has 0 fully saturated rings. The van der Waals surface area contributed by atoms with E-state index in [1.807, 2.05) is 16.7 Å². The van der Waals surface area contributed by atoms with Gasteiger partial charge in [0.05, 0.1) is 19.7 Å². The minimum absolute atomic E-state index is 0.107. The highest BCUT2D eigenvalue weighted by atomic mass is 32.2. The third-order valence-corrected chi connectivity index (χ3v) is 5.35. The lowest BCUT2D eigenvalue weighted by Gasteiger charge is -2.14. The molecule has 0 aliphatic heterocycles. The van der Waals surface area contributed by atoms with Gasteiger partial charge >= 0.3 is 0 Å². The van der Waals surface area contributed by atoms with Gasteiger partial charge in [-0.25, -0.2) is 4.72 Å². The molecule has 0 bridgehead atoms. The Bertz CT molecular complexity index is 1150. The van der Waals surface area contributed by atoms with Gasteiger partial charge < -0.3 is 14.0 Å². The highest BCUT2D eigenvalue weighted by Gasteiger charge is 2.11. The van der Waals surface area contributed by atoms with Crippen molar-refractivity contribution in [1.29, 1.82) is 0 Å². The van der Waals surface area contributed by atoms with Gasteiger partial charge in [0.1, 0.15) is 0 Å². The highest BCUT2D eigenvalue weighted by Crippen LogP contribution is 2.31. The molecule has 0 spiro atoms. The zero-order chi connectivity index (χ0) is 20.3. The summed E-state index contributed by atoms with van der Waals surface area (Å²) in [6, 6.07) is 11.9. The van der Waals surface area contributed by atoms with Crippen LogP contribution in [-0.2, 0) is 16.8 Å². The van der Waals surface area contributed by atoms with Gasteiger partial charge in [0.2, 0.25) is 0 Å². The van der Waals surface area contributed by atoms with Gasteiger partial charge in [-0.1, -0.05) is 12.1 Å². The van der Waals surface area contributed by atoms with E-state index in [1.54, 1.807) is 37.6 Å². The van der Waals surface area contributed by atoms with Crippen LogP contribution in [0.1, 0.15) is 5.56 Å². The van der Waals surface area contributed by atoms with Crippen LogP contribution in [-0.4, -0.2) is 34.3 Å². The predicted octanol–water partition coefficient (Wildman–Crippen LogP) is 1.94. The SMILES string of the molecule is CNS(=O)(=O)Nc1ccc(Cn2ccc(=O)c3cc(OC)c(OC)cc32)cc1. The lowest BCUT2D eigenvalue weighted by Crippen LogP contribution is -2.26. The number of hydrogen-bond donors (Lipinski definition) is 2. The summed E-state index contributed by atoms with van der Waals surface area (Å²) in [5, 5.41) is 0.526.